The van der Waals surface area contributed by atoms with Crippen LogP contribution in [0, 0.1) is 11.8 Å². The molecule has 0 aromatic heterocycles. The van der Waals surface area contributed by atoms with E-state index in [2.05, 4.69) is 11.8 Å². The van der Waals surface area contributed by atoms with Crippen molar-refractivity contribution in [1.29, 1.82) is 0 Å². The largest absolute Gasteiger partial charge is 0.299 e. The molecule has 0 aromatic rings. The Bertz CT molecular complexity index is 271. The molecule has 1 nitrogen and oxygen atoms in total. The Morgan fingerprint density at radius 1 is 0.941 bits per heavy atom. The van der Waals surface area contributed by atoms with Crippen LogP contribution in [0.1, 0.15) is 64.2 Å². The summed E-state index contributed by atoms with van der Waals surface area (Å²) in [6, 6.07) is 0. The van der Waals surface area contributed by atoms with E-state index in [1.54, 1.807) is 0 Å². The van der Waals surface area contributed by atoms with E-state index in [0.29, 0.717) is 11.7 Å². The van der Waals surface area contributed by atoms with Gasteiger partial charge >= 0.3 is 0 Å². The fraction of sp³-hybridized carbons (Fsp3) is 0.933. The molecule has 1 saturated carbocycles. The predicted octanol–water partition coefficient (Wildman–Crippen LogP) is 4.20. The average Bonchev–Trinajstić information content (AvgIpc) is 2.69. The Hall–Kier alpha value is 0.0200. The summed E-state index contributed by atoms with van der Waals surface area (Å²) in [7, 11) is 0. The van der Waals surface area contributed by atoms with Crippen molar-refractivity contribution >= 4 is 17.5 Å². The van der Waals surface area contributed by atoms with Gasteiger partial charge in [0, 0.05) is 22.8 Å². The highest BCUT2D eigenvalue weighted by Gasteiger charge is 2.37. The maximum Gasteiger partial charge on any atom is 0.136 e. The zero-order valence-corrected chi connectivity index (χ0v) is 11.5. The van der Waals surface area contributed by atoms with E-state index in [4.69, 9.17) is 0 Å². The monoisotopic (exact) mass is 252 g/mol. The smallest absolute Gasteiger partial charge is 0.136 e. The van der Waals surface area contributed by atoms with Crippen LogP contribution < -0.4 is 0 Å². The molecule has 2 heterocycles. The Morgan fingerprint density at radius 3 is 2.24 bits per heavy atom. The minimum absolute atomic E-state index is 0.440. The molecule has 0 radical (unpaired) electrons. The lowest BCUT2D eigenvalue weighted by atomic mass is 9.82. The molecule has 2 saturated heterocycles. The molecular formula is C15H24OS. The number of hydrogen-bond acceptors (Lipinski definition) is 2. The molecule has 0 aromatic carbocycles. The fourth-order valence-electron chi connectivity index (χ4n) is 3.96. The molecule has 2 bridgehead atoms. The summed E-state index contributed by atoms with van der Waals surface area (Å²) in [5.74, 6) is 1.80. The second-order valence-corrected chi connectivity index (χ2v) is 7.91. The van der Waals surface area contributed by atoms with Crippen molar-refractivity contribution < 1.29 is 4.79 Å². The summed E-state index contributed by atoms with van der Waals surface area (Å²) >= 11 is 2.17. The third-order valence-electron chi connectivity index (χ3n) is 4.96. The van der Waals surface area contributed by atoms with Gasteiger partial charge in [0.1, 0.15) is 5.78 Å². The summed E-state index contributed by atoms with van der Waals surface area (Å²) in [5.41, 5.74) is 0. The lowest BCUT2D eigenvalue weighted by molar-refractivity contribution is -0.124. The lowest BCUT2D eigenvalue weighted by Crippen LogP contribution is -2.26. The van der Waals surface area contributed by atoms with Gasteiger partial charge in [-0.2, -0.15) is 11.8 Å². The van der Waals surface area contributed by atoms with E-state index in [9.17, 15) is 4.79 Å². The maximum absolute atomic E-state index is 12.4. The number of thioether (sulfide) groups is 1. The lowest BCUT2D eigenvalue weighted by Gasteiger charge is -2.28. The minimum Gasteiger partial charge on any atom is -0.299 e. The van der Waals surface area contributed by atoms with Crippen LogP contribution >= 0.6 is 11.8 Å². The number of carbonyl (C=O) groups is 1. The highest BCUT2D eigenvalue weighted by molar-refractivity contribution is 8.00. The molecule has 0 N–H and O–H groups in total. The first-order chi connectivity index (χ1) is 8.31. The zero-order valence-electron chi connectivity index (χ0n) is 10.7. The second kappa shape index (κ2) is 5.34. The van der Waals surface area contributed by atoms with Crippen LogP contribution in [-0.4, -0.2) is 16.3 Å². The molecule has 1 aliphatic carbocycles. The quantitative estimate of drug-likeness (QED) is 0.749. The number of rotatable bonds is 3. The van der Waals surface area contributed by atoms with Crippen LogP contribution in [0.5, 0.6) is 0 Å². The van der Waals surface area contributed by atoms with Crippen LogP contribution in [0.15, 0.2) is 0 Å². The highest BCUT2D eigenvalue weighted by Crippen LogP contribution is 2.46. The molecule has 0 spiro atoms. The van der Waals surface area contributed by atoms with Crippen LogP contribution in [0.25, 0.3) is 0 Å². The number of fused-ring (bicyclic) bond motifs is 2. The second-order valence-electron chi connectivity index (χ2n) is 6.30. The van der Waals surface area contributed by atoms with Gasteiger partial charge in [0.05, 0.1) is 0 Å². The first kappa shape index (κ1) is 12.1. The number of carbonyl (C=O) groups excluding carboxylic acids is 1. The summed E-state index contributed by atoms with van der Waals surface area (Å²) < 4.78 is 0. The van der Waals surface area contributed by atoms with Crippen molar-refractivity contribution in [3.8, 4) is 0 Å². The van der Waals surface area contributed by atoms with Crippen LogP contribution in [0.4, 0.5) is 0 Å². The van der Waals surface area contributed by atoms with Gasteiger partial charge in [0.2, 0.25) is 0 Å². The molecule has 3 aliphatic rings. The van der Waals surface area contributed by atoms with E-state index in [1.165, 1.54) is 57.8 Å². The highest BCUT2D eigenvalue weighted by atomic mass is 32.2. The van der Waals surface area contributed by atoms with Crippen molar-refractivity contribution in [2.24, 2.45) is 11.8 Å². The SMILES string of the molecule is O=C(CC1CCCCC1)C1CC2CCC(C1)S2. The molecule has 2 heteroatoms. The van der Waals surface area contributed by atoms with E-state index in [1.807, 2.05) is 0 Å². The normalized spacial score (nSPS) is 38.2. The maximum atomic E-state index is 12.4. The van der Waals surface area contributed by atoms with Gasteiger partial charge in [-0.3, -0.25) is 4.79 Å². The van der Waals surface area contributed by atoms with Crippen molar-refractivity contribution in [3.05, 3.63) is 0 Å². The van der Waals surface area contributed by atoms with Crippen molar-refractivity contribution in [1.82, 2.24) is 0 Å². The molecular weight excluding hydrogens is 228 g/mol. The molecule has 2 aliphatic heterocycles. The first-order valence-electron chi connectivity index (χ1n) is 7.49. The Morgan fingerprint density at radius 2 is 1.59 bits per heavy atom. The standard InChI is InChI=1S/C15H24OS/c16-15(8-11-4-2-1-3-5-11)12-9-13-6-7-14(10-12)17-13/h11-14H,1-10H2. The summed E-state index contributed by atoms with van der Waals surface area (Å²) in [6.07, 6.45) is 12.8. The molecule has 17 heavy (non-hydrogen) atoms. The third kappa shape index (κ3) is 2.89. The van der Waals surface area contributed by atoms with Gasteiger partial charge in [-0.15, -0.1) is 0 Å². The van der Waals surface area contributed by atoms with Crippen molar-refractivity contribution in [3.63, 3.8) is 0 Å². The molecule has 96 valence electrons. The van der Waals surface area contributed by atoms with E-state index < -0.39 is 0 Å². The number of Topliss-reactive ketones (excluding diaryl/α,β-unsaturated/α-hetero) is 1. The third-order valence-corrected chi connectivity index (χ3v) is 6.59. The van der Waals surface area contributed by atoms with E-state index in [0.717, 1.165) is 22.8 Å². The molecule has 2 unspecified atom stereocenters. The van der Waals surface area contributed by atoms with Gasteiger partial charge in [0.15, 0.2) is 0 Å². The Labute approximate surface area is 109 Å². The molecule has 3 rings (SSSR count). The van der Waals surface area contributed by atoms with Crippen LogP contribution in [0.2, 0.25) is 0 Å². The predicted molar refractivity (Wildman–Crippen MR) is 73.3 cm³/mol. The minimum atomic E-state index is 0.440. The van der Waals surface area contributed by atoms with E-state index >= 15 is 0 Å². The molecule has 2 atom stereocenters. The van der Waals surface area contributed by atoms with Crippen LogP contribution in [-0.2, 0) is 4.79 Å². The van der Waals surface area contributed by atoms with Gasteiger partial charge < -0.3 is 0 Å². The van der Waals surface area contributed by atoms with Gasteiger partial charge in [-0.25, -0.2) is 0 Å². The van der Waals surface area contributed by atoms with E-state index in [-0.39, 0.29) is 0 Å². The van der Waals surface area contributed by atoms with Crippen LogP contribution in [0.3, 0.4) is 0 Å². The summed E-state index contributed by atoms with van der Waals surface area (Å²) in [4.78, 5) is 12.4. The topological polar surface area (TPSA) is 17.1 Å². The van der Waals surface area contributed by atoms with Gasteiger partial charge in [0.25, 0.3) is 0 Å². The number of ketones is 1. The Balaban J connectivity index is 1.51. The Kier molecular flexibility index (Phi) is 3.79. The first-order valence-corrected chi connectivity index (χ1v) is 8.43. The average molecular weight is 252 g/mol. The summed E-state index contributed by atoms with van der Waals surface area (Å²) in [6.45, 7) is 0. The summed E-state index contributed by atoms with van der Waals surface area (Å²) in [5, 5.41) is 1.66. The van der Waals surface area contributed by atoms with Gasteiger partial charge in [-0.05, 0) is 31.6 Å². The molecule has 3 fully saturated rings. The fourth-order valence-corrected chi connectivity index (χ4v) is 5.74. The van der Waals surface area contributed by atoms with Gasteiger partial charge in [-0.1, -0.05) is 32.1 Å². The van der Waals surface area contributed by atoms with Crippen molar-refractivity contribution in [2.75, 3.05) is 0 Å². The molecule has 0 amide bonds. The van der Waals surface area contributed by atoms with Crippen molar-refractivity contribution in [2.45, 2.75) is 74.7 Å². The number of hydrogen-bond donors (Lipinski definition) is 0. The zero-order chi connectivity index (χ0) is 11.7.